The van der Waals surface area contributed by atoms with Crippen LogP contribution in [0.2, 0.25) is 0 Å². The number of hydrogen-bond acceptors (Lipinski definition) is 4. The van der Waals surface area contributed by atoms with E-state index in [1.54, 1.807) is 12.3 Å². The van der Waals surface area contributed by atoms with Crippen LogP contribution in [0.4, 0.5) is 0 Å². The average molecular weight is 301 g/mol. The van der Waals surface area contributed by atoms with E-state index in [4.69, 9.17) is 4.74 Å². The first kappa shape index (κ1) is 15.8. The second-order valence-corrected chi connectivity index (χ2v) is 5.87. The summed E-state index contributed by atoms with van der Waals surface area (Å²) in [5, 5.41) is 0.782. The Morgan fingerprint density at radius 2 is 1.95 bits per heavy atom. The number of aromatic nitrogens is 1. The van der Waals surface area contributed by atoms with Crippen LogP contribution < -0.4 is 0 Å². The molecule has 1 aromatic carbocycles. The third-order valence-electron chi connectivity index (χ3n) is 2.94. The number of rotatable bonds is 3. The lowest BCUT2D eigenvalue weighted by Gasteiger charge is -2.19. The minimum Gasteiger partial charge on any atom is -0.466 e. The van der Waals surface area contributed by atoms with Crippen molar-refractivity contribution in [3.05, 3.63) is 41.6 Å². The number of carbonyl (C=O) groups is 2. The molecule has 0 fully saturated rings. The van der Waals surface area contributed by atoms with Gasteiger partial charge in [0, 0.05) is 23.2 Å². The van der Waals surface area contributed by atoms with Crippen molar-refractivity contribution in [3.63, 3.8) is 0 Å². The fourth-order valence-electron chi connectivity index (χ4n) is 1.98. The molecule has 0 saturated carbocycles. The molecule has 0 saturated heterocycles. The van der Waals surface area contributed by atoms with Crippen molar-refractivity contribution in [2.45, 2.75) is 26.4 Å². The largest absolute Gasteiger partial charge is 0.466 e. The number of nitrogens with one attached hydrogen (secondary N) is 1. The normalized spacial score (nSPS) is 11.8. The van der Waals surface area contributed by atoms with E-state index < -0.39 is 11.6 Å². The number of esters is 2. The Balaban J connectivity index is 2.29. The van der Waals surface area contributed by atoms with E-state index >= 15 is 0 Å². The summed E-state index contributed by atoms with van der Waals surface area (Å²) in [7, 11) is 1.33. The van der Waals surface area contributed by atoms with Gasteiger partial charge < -0.3 is 14.5 Å². The van der Waals surface area contributed by atoms with Crippen LogP contribution in [-0.4, -0.2) is 29.6 Å². The molecule has 1 aromatic heterocycles. The van der Waals surface area contributed by atoms with Crippen LogP contribution >= 0.6 is 0 Å². The van der Waals surface area contributed by atoms with E-state index in [-0.39, 0.29) is 5.97 Å². The number of fused-ring (bicyclic) bond motifs is 1. The number of methoxy groups -OCH3 is 1. The highest BCUT2D eigenvalue weighted by atomic mass is 16.6. The summed E-state index contributed by atoms with van der Waals surface area (Å²) >= 11 is 0. The van der Waals surface area contributed by atoms with E-state index in [1.807, 2.05) is 39.0 Å². The summed E-state index contributed by atoms with van der Waals surface area (Å²) in [6, 6.07) is 5.49. The number of aromatic amines is 1. The molecule has 0 aliphatic rings. The molecular weight excluding hydrogens is 282 g/mol. The molecule has 5 nitrogen and oxygen atoms in total. The maximum Gasteiger partial charge on any atom is 0.340 e. The van der Waals surface area contributed by atoms with Gasteiger partial charge in [0.05, 0.1) is 12.7 Å². The molecule has 1 heterocycles. The lowest BCUT2D eigenvalue weighted by Crippen LogP contribution is -2.23. The monoisotopic (exact) mass is 301 g/mol. The van der Waals surface area contributed by atoms with Crippen LogP contribution in [0.3, 0.4) is 0 Å². The lowest BCUT2D eigenvalue weighted by molar-refractivity contribution is -0.134. The number of carbonyl (C=O) groups excluding carboxylic acids is 2. The zero-order valence-electron chi connectivity index (χ0n) is 13.1. The number of hydrogen-bond donors (Lipinski definition) is 1. The van der Waals surface area contributed by atoms with E-state index in [1.165, 1.54) is 13.2 Å². The molecule has 22 heavy (non-hydrogen) atoms. The molecule has 0 spiro atoms. The topological polar surface area (TPSA) is 68.4 Å². The smallest absolute Gasteiger partial charge is 0.340 e. The highest BCUT2D eigenvalue weighted by molar-refractivity contribution is 6.04. The van der Waals surface area contributed by atoms with Gasteiger partial charge in [-0.2, -0.15) is 0 Å². The molecule has 0 aliphatic carbocycles. The van der Waals surface area contributed by atoms with Crippen LogP contribution in [-0.2, 0) is 14.3 Å². The SMILES string of the molecule is COC(=O)C=Cc1ccc2c(C(=O)OC(C)(C)C)c[nH]c2c1. The van der Waals surface area contributed by atoms with Crippen LogP contribution in [0.15, 0.2) is 30.5 Å². The molecule has 0 atom stereocenters. The van der Waals surface area contributed by atoms with Crippen LogP contribution in [0.1, 0.15) is 36.7 Å². The second-order valence-electron chi connectivity index (χ2n) is 5.87. The van der Waals surface area contributed by atoms with Gasteiger partial charge >= 0.3 is 11.9 Å². The zero-order chi connectivity index (χ0) is 16.3. The fourth-order valence-corrected chi connectivity index (χ4v) is 1.98. The Bertz CT molecular complexity index is 735. The summed E-state index contributed by atoms with van der Waals surface area (Å²) in [5.41, 5.74) is 1.58. The van der Waals surface area contributed by atoms with Crippen LogP contribution in [0.25, 0.3) is 17.0 Å². The van der Waals surface area contributed by atoms with Gasteiger partial charge in [0.2, 0.25) is 0 Å². The molecular formula is C17H19NO4. The highest BCUT2D eigenvalue weighted by Crippen LogP contribution is 2.22. The van der Waals surface area contributed by atoms with Gasteiger partial charge in [-0.05, 0) is 38.5 Å². The second kappa shape index (κ2) is 6.05. The summed E-state index contributed by atoms with van der Waals surface area (Å²) in [5.74, 6) is -0.780. The van der Waals surface area contributed by atoms with Crippen molar-refractivity contribution in [2.24, 2.45) is 0 Å². The molecule has 0 radical (unpaired) electrons. The third kappa shape index (κ3) is 3.75. The molecule has 116 valence electrons. The molecule has 0 bridgehead atoms. The summed E-state index contributed by atoms with van der Waals surface area (Å²) in [4.78, 5) is 26.3. The van der Waals surface area contributed by atoms with Gasteiger partial charge in [-0.3, -0.25) is 0 Å². The number of ether oxygens (including phenoxy) is 2. The quantitative estimate of drug-likeness (QED) is 0.697. The zero-order valence-corrected chi connectivity index (χ0v) is 13.1. The van der Waals surface area contributed by atoms with Crippen LogP contribution in [0.5, 0.6) is 0 Å². The molecule has 1 N–H and O–H groups in total. The van der Waals surface area contributed by atoms with Crippen molar-refractivity contribution in [2.75, 3.05) is 7.11 Å². The number of H-pyrrole nitrogens is 1. The first-order chi connectivity index (χ1) is 10.3. The summed E-state index contributed by atoms with van der Waals surface area (Å²) < 4.78 is 9.93. The summed E-state index contributed by atoms with van der Waals surface area (Å²) in [6.07, 6.45) is 4.63. The molecule has 0 unspecified atom stereocenters. The Morgan fingerprint density at radius 1 is 1.23 bits per heavy atom. The standard InChI is InChI=1S/C17H19NO4/c1-17(2,3)22-16(20)13-10-18-14-9-11(5-7-12(13)14)6-8-15(19)21-4/h5-10,18H,1-4H3. The van der Waals surface area contributed by atoms with E-state index in [0.717, 1.165) is 16.5 Å². The third-order valence-corrected chi connectivity index (χ3v) is 2.94. The Morgan fingerprint density at radius 3 is 2.59 bits per heavy atom. The van der Waals surface area contributed by atoms with Crippen molar-refractivity contribution in [1.29, 1.82) is 0 Å². The maximum atomic E-state index is 12.2. The Kier molecular flexibility index (Phi) is 4.35. The summed E-state index contributed by atoms with van der Waals surface area (Å²) in [6.45, 7) is 5.49. The first-order valence-corrected chi connectivity index (χ1v) is 6.90. The van der Waals surface area contributed by atoms with Gasteiger partial charge in [-0.1, -0.05) is 12.1 Å². The first-order valence-electron chi connectivity index (χ1n) is 6.90. The van der Waals surface area contributed by atoms with E-state index in [2.05, 4.69) is 9.72 Å². The van der Waals surface area contributed by atoms with Crippen molar-refractivity contribution < 1.29 is 19.1 Å². The average Bonchev–Trinajstić information content (AvgIpc) is 2.86. The van der Waals surface area contributed by atoms with Gasteiger partial charge in [0.25, 0.3) is 0 Å². The minimum atomic E-state index is -0.538. The van der Waals surface area contributed by atoms with Crippen molar-refractivity contribution in [3.8, 4) is 0 Å². The maximum absolute atomic E-state index is 12.2. The van der Waals surface area contributed by atoms with Gasteiger partial charge in [0.1, 0.15) is 5.60 Å². The number of benzene rings is 1. The lowest BCUT2D eigenvalue weighted by atomic mass is 10.1. The predicted molar refractivity (Wildman–Crippen MR) is 84.5 cm³/mol. The van der Waals surface area contributed by atoms with Crippen LogP contribution in [0, 0.1) is 0 Å². The van der Waals surface area contributed by atoms with Gasteiger partial charge in [-0.25, -0.2) is 9.59 Å². The minimum absolute atomic E-state index is 0.364. The molecule has 5 heteroatoms. The molecule has 0 aliphatic heterocycles. The van der Waals surface area contributed by atoms with E-state index in [0.29, 0.717) is 5.56 Å². The van der Waals surface area contributed by atoms with Crippen molar-refractivity contribution in [1.82, 2.24) is 4.98 Å². The van der Waals surface area contributed by atoms with Gasteiger partial charge in [0.15, 0.2) is 0 Å². The molecule has 0 amide bonds. The van der Waals surface area contributed by atoms with E-state index in [9.17, 15) is 9.59 Å². The molecule has 2 rings (SSSR count). The van der Waals surface area contributed by atoms with Gasteiger partial charge in [-0.15, -0.1) is 0 Å². The highest BCUT2D eigenvalue weighted by Gasteiger charge is 2.20. The fraction of sp³-hybridized carbons (Fsp3) is 0.294. The van der Waals surface area contributed by atoms with Crippen molar-refractivity contribution >= 4 is 28.9 Å². The Hall–Kier alpha value is -2.56. The Labute approximate surface area is 128 Å². The molecule has 2 aromatic rings. The predicted octanol–water partition coefficient (Wildman–Crippen LogP) is 3.31.